The first-order valence-corrected chi connectivity index (χ1v) is 8.80. The fourth-order valence-corrected chi connectivity index (χ4v) is 3.49. The zero-order chi connectivity index (χ0) is 17.3. The number of para-hydroxylation sites is 2. The van der Waals surface area contributed by atoms with Gasteiger partial charge in [0.25, 0.3) is 0 Å². The van der Waals surface area contributed by atoms with Gasteiger partial charge in [0.2, 0.25) is 5.95 Å². The number of H-pyrrole nitrogens is 1. The average Bonchev–Trinajstić information content (AvgIpc) is 3.33. The van der Waals surface area contributed by atoms with Gasteiger partial charge in [0.15, 0.2) is 0 Å². The molecular formula is C22H18N4. The van der Waals surface area contributed by atoms with Crippen LogP contribution in [0, 0.1) is 0 Å². The maximum Gasteiger partial charge on any atom is 0.225 e. The second-order valence-electron chi connectivity index (χ2n) is 6.47. The molecule has 126 valence electrons. The maximum atomic E-state index is 4.94. The van der Waals surface area contributed by atoms with Crippen molar-refractivity contribution in [1.82, 2.24) is 9.97 Å². The molecule has 0 aliphatic carbocycles. The molecule has 1 unspecified atom stereocenters. The first-order chi connectivity index (χ1) is 12.9. The number of rotatable bonds is 3. The van der Waals surface area contributed by atoms with Crippen LogP contribution >= 0.6 is 0 Å². The second-order valence-corrected chi connectivity index (χ2v) is 6.47. The molecule has 3 aromatic carbocycles. The van der Waals surface area contributed by atoms with E-state index in [2.05, 4.69) is 53.5 Å². The Bertz CT molecular complexity index is 1030. The van der Waals surface area contributed by atoms with E-state index in [4.69, 9.17) is 10.1 Å². The van der Waals surface area contributed by atoms with Gasteiger partial charge in [-0.15, -0.1) is 0 Å². The maximum absolute atomic E-state index is 4.94. The van der Waals surface area contributed by atoms with Crippen LogP contribution in [-0.2, 0) is 0 Å². The van der Waals surface area contributed by atoms with Crippen LogP contribution in [0.3, 0.4) is 0 Å². The smallest absolute Gasteiger partial charge is 0.225 e. The van der Waals surface area contributed by atoms with Crippen molar-refractivity contribution >= 4 is 22.7 Å². The Morgan fingerprint density at radius 2 is 1.50 bits per heavy atom. The summed E-state index contributed by atoms with van der Waals surface area (Å²) in [6.45, 7) is 0. The van der Waals surface area contributed by atoms with Crippen molar-refractivity contribution in [2.75, 3.05) is 5.01 Å². The summed E-state index contributed by atoms with van der Waals surface area (Å²) in [5.74, 6) is 0.783. The van der Waals surface area contributed by atoms with Crippen molar-refractivity contribution < 1.29 is 0 Å². The molecule has 1 atom stereocenters. The number of imidazole rings is 1. The molecular weight excluding hydrogens is 320 g/mol. The molecule has 5 rings (SSSR count). The highest BCUT2D eigenvalue weighted by molar-refractivity contribution is 6.03. The molecule has 0 saturated heterocycles. The lowest BCUT2D eigenvalue weighted by Crippen LogP contribution is -2.19. The van der Waals surface area contributed by atoms with Crippen LogP contribution in [0.15, 0.2) is 90.0 Å². The Morgan fingerprint density at radius 3 is 2.27 bits per heavy atom. The molecule has 1 aliphatic rings. The third-order valence-electron chi connectivity index (χ3n) is 4.80. The summed E-state index contributed by atoms with van der Waals surface area (Å²) in [5.41, 5.74) is 5.46. The third kappa shape index (κ3) is 2.56. The number of fused-ring (bicyclic) bond motifs is 1. The lowest BCUT2D eigenvalue weighted by atomic mass is 9.99. The van der Waals surface area contributed by atoms with Crippen LogP contribution < -0.4 is 5.01 Å². The minimum absolute atomic E-state index is 0.131. The zero-order valence-electron chi connectivity index (χ0n) is 14.2. The number of hydrogen-bond acceptors (Lipinski definition) is 3. The summed E-state index contributed by atoms with van der Waals surface area (Å²) in [4.78, 5) is 8.18. The van der Waals surface area contributed by atoms with Crippen LogP contribution in [0.1, 0.15) is 23.6 Å². The Labute approximate surface area is 151 Å². The van der Waals surface area contributed by atoms with Crippen molar-refractivity contribution in [3.8, 4) is 0 Å². The number of aromatic nitrogens is 2. The third-order valence-corrected chi connectivity index (χ3v) is 4.80. The Balaban J connectivity index is 1.61. The van der Waals surface area contributed by atoms with Crippen LogP contribution in [0.2, 0.25) is 0 Å². The molecule has 1 aromatic heterocycles. The van der Waals surface area contributed by atoms with Crippen molar-refractivity contribution in [2.45, 2.75) is 12.5 Å². The molecule has 4 heteroatoms. The number of anilines is 1. The lowest BCUT2D eigenvalue weighted by molar-refractivity contribution is 0.692. The number of nitrogens with zero attached hydrogens (tertiary/aromatic N) is 3. The predicted molar refractivity (Wildman–Crippen MR) is 105 cm³/mol. The van der Waals surface area contributed by atoms with Gasteiger partial charge in [0.1, 0.15) is 0 Å². The van der Waals surface area contributed by atoms with Crippen molar-refractivity contribution in [3.05, 3.63) is 96.1 Å². The summed E-state index contributed by atoms with van der Waals surface area (Å²) in [5, 5.41) is 6.96. The zero-order valence-corrected chi connectivity index (χ0v) is 14.2. The van der Waals surface area contributed by atoms with Crippen LogP contribution in [0.5, 0.6) is 0 Å². The van der Waals surface area contributed by atoms with Crippen molar-refractivity contribution in [3.63, 3.8) is 0 Å². The number of hydrazone groups is 1. The van der Waals surface area contributed by atoms with Gasteiger partial charge in [-0.1, -0.05) is 72.8 Å². The molecule has 0 saturated carbocycles. The van der Waals surface area contributed by atoms with Crippen LogP contribution in [0.25, 0.3) is 11.0 Å². The summed E-state index contributed by atoms with van der Waals surface area (Å²) in [7, 11) is 0. The van der Waals surface area contributed by atoms with E-state index in [0.29, 0.717) is 0 Å². The molecule has 0 spiro atoms. The van der Waals surface area contributed by atoms with Gasteiger partial charge >= 0.3 is 0 Å². The summed E-state index contributed by atoms with van der Waals surface area (Å²) in [6, 6.07) is 29.1. The molecule has 0 fully saturated rings. The van der Waals surface area contributed by atoms with Crippen molar-refractivity contribution in [2.24, 2.45) is 5.10 Å². The van der Waals surface area contributed by atoms with E-state index < -0.39 is 0 Å². The molecule has 1 aliphatic heterocycles. The molecule has 0 bridgehead atoms. The molecule has 4 nitrogen and oxygen atoms in total. The van der Waals surface area contributed by atoms with Gasteiger partial charge in [-0.05, 0) is 23.3 Å². The normalized spacial score (nSPS) is 16.8. The number of nitrogens with one attached hydrogen (secondary N) is 1. The van der Waals surface area contributed by atoms with E-state index in [0.717, 1.165) is 34.7 Å². The SMILES string of the molecule is c1ccc(C2=NN(c3nc4ccccc4[nH]3)C(c3ccccc3)C2)cc1. The minimum atomic E-state index is 0.131. The van der Waals surface area contributed by atoms with Crippen LogP contribution in [-0.4, -0.2) is 15.7 Å². The van der Waals surface area contributed by atoms with E-state index in [1.165, 1.54) is 5.56 Å². The standard InChI is InChI=1S/C22H18N4/c1-3-9-16(10-4-1)20-15-21(17-11-5-2-6-12-17)26(25-20)22-23-18-13-7-8-14-19(18)24-22/h1-14,21H,15H2,(H,23,24). The largest absolute Gasteiger partial charge is 0.323 e. The Kier molecular flexibility index (Phi) is 3.53. The first kappa shape index (κ1) is 14.9. The average molecular weight is 338 g/mol. The quantitative estimate of drug-likeness (QED) is 0.576. The van der Waals surface area contributed by atoms with Crippen LogP contribution in [0.4, 0.5) is 5.95 Å². The molecule has 0 amide bonds. The molecule has 26 heavy (non-hydrogen) atoms. The van der Waals surface area contributed by atoms with E-state index in [-0.39, 0.29) is 6.04 Å². The highest BCUT2D eigenvalue weighted by Gasteiger charge is 2.31. The van der Waals surface area contributed by atoms with E-state index in [1.54, 1.807) is 0 Å². The van der Waals surface area contributed by atoms with Gasteiger partial charge < -0.3 is 4.98 Å². The second kappa shape index (κ2) is 6.15. The molecule has 1 N–H and O–H groups in total. The van der Waals surface area contributed by atoms with Gasteiger partial charge in [-0.2, -0.15) is 5.10 Å². The molecule has 2 heterocycles. The number of hydrogen-bond donors (Lipinski definition) is 1. The van der Waals surface area contributed by atoms with Gasteiger partial charge in [0, 0.05) is 6.42 Å². The summed E-state index contributed by atoms with van der Waals surface area (Å²) < 4.78 is 0. The van der Waals surface area contributed by atoms with E-state index >= 15 is 0 Å². The fourth-order valence-electron chi connectivity index (χ4n) is 3.49. The van der Waals surface area contributed by atoms with Gasteiger partial charge in [0.05, 0.1) is 22.8 Å². The first-order valence-electron chi connectivity index (χ1n) is 8.80. The van der Waals surface area contributed by atoms with E-state index in [9.17, 15) is 0 Å². The highest BCUT2D eigenvalue weighted by Crippen LogP contribution is 2.35. The number of aromatic amines is 1. The predicted octanol–water partition coefficient (Wildman–Crippen LogP) is 4.92. The van der Waals surface area contributed by atoms with Gasteiger partial charge in [-0.25, -0.2) is 9.99 Å². The lowest BCUT2D eigenvalue weighted by Gasteiger charge is -2.21. The summed E-state index contributed by atoms with van der Waals surface area (Å²) in [6.07, 6.45) is 0.852. The summed E-state index contributed by atoms with van der Waals surface area (Å²) >= 11 is 0. The fraction of sp³-hybridized carbons (Fsp3) is 0.0909. The molecule has 4 aromatic rings. The number of benzene rings is 3. The topological polar surface area (TPSA) is 44.3 Å². The van der Waals surface area contributed by atoms with Crippen molar-refractivity contribution in [1.29, 1.82) is 0 Å². The van der Waals surface area contributed by atoms with E-state index in [1.807, 2.05) is 41.4 Å². The Hall–Kier alpha value is -3.40. The monoisotopic (exact) mass is 338 g/mol. The Morgan fingerprint density at radius 1 is 0.808 bits per heavy atom. The highest BCUT2D eigenvalue weighted by atomic mass is 15.5. The molecule has 0 radical (unpaired) electrons. The minimum Gasteiger partial charge on any atom is -0.323 e. The van der Waals surface area contributed by atoms with Gasteiger partial charge in [-0.3, -0.25) is 0 Å².